The number of carbonyl (C=O) groups excluding carboxylic acids is 1. The van der Waals surface area contributed by atoms with Gasteiger partial charge in [-0.05, 0) is 44.0 Å². The molecule has 1 aromatic rings. The van der Waals surface area contributed by atoms with Crippen LogP contribution in [-0.2, 0) is 9.53 Å². The molecule has 1 heterocycles. The van der Waals surface area contributed by atoms with Crippen molar-refractivity contribution in [1.29, 1.82) is 0 Å². The molecule has 0 aliphatic carbocycles. The molecule has 1 N–H and O–H groups in total. The van der Waals surface area contributed by atoms with E-state index in [1.165, 1.54) is 0 Å². The van der Waals surface area contributed by atoms with Crippen LogP contribution in [0.4, 0.5) is 0 Å². The molecule has 1 fully saturated rings. The Morgan fingerprint density at radius 2 is 2.24 bits per heavy atom. The molecule has 5 heteroatoms. The molecule has 0 saturated carbocycles. The number of methoxy groups -OCH3 is 1. The Balaban J connectivity index is 2.17. The summed E-state index contributed by atoms with van der Waals surface area (Å²) in [7, 11) is 1.66. The van der Waals surface area contributed by atoms with Crippen molar-refractivity contribution < 1.29 is 14.3 Å². The molecular weight excluding hydrogens is 268 g/mol. The van der Waals surface area contributed by atoms with Gasteiger partial charge in [-0.25, -0.2) is 0 Å². The summed E-state index contributed by atoms with van der Waals surface area (Å²) in [6.45, 7) is 7.58. The minimum atomic E-state index is -0.0926. The topological polar surface area (TPSA) is 50.8 Å². The number of rotatable bonds is 6. The van der Waals surface area contributed by atoms with Crippen molar-refractivity contribution >= 4 is 5.91 Å². The number of carbonyl (C=O) groups is 1. The summed E-state index contributed by atoms with van der Waals surface area (Å²) in [6, 6.07) is 6.01. The third-order valence-corrected chi connectivity index (χ3v) is 3.72. The molecule has 21 heavy (non-hydrogen) atoms. The maximum Gasteiger partial charge on any atom is 0.238 e. The zero-order valence-corrected chi connectivity index (χ0v) is 13.2. The monoisotopic (exact) mass is 292 g/mol. The third-order valence-electron chi connectivity index (χ3n) is 3.72. The Kier molecular flexibility index (Phi) is 5.20. The third kappa shape index (κ3) is 3.54. The van der Waals surface area contributed by atoms with E-state index in [2.05, 4.69) is 11.4 Å². The first kappa shape index (κ1) is 15.8. The molecule has 116 valence electrons. The SMILES string of the molecule is CCOC(C)CN1C(=O)CNC1c1ccc(OC)c(C)c1. The van der Waals surface area contributed by atoms with Crippen LogP contribution >= 0.6 is 0 Å². The maximum absolute atomic E-state index is 12.1. The molecule has 5 nitrogen and oxygen atoms in total. The first-order valence-corrected chi connectivity index (χ1v) is 7.35. The fraction of sp³-hybridized carbons (Fsp3) is 0.562. The Labute approximate surface area is 126 Å². The van der Waals surface area contributed by atoms with Crippen molar-refractivity contribution in [3.05, 3.63) is 29.3 Å². The quantitative estimate of drug-likeness (QED) is 0.869. The minimum absolute atomic E-state index is 0.0284. The molecule has 2 atom stereocenters. The second-order valence-corrected chi connectivity index (χ2v) is 5.32. The van der Waals surface area contributed by atoms with E-state index in [0.29, 0.717) is 19.7 Å². The molecule has 2 rings (SSSR count). The highest BCUT2D eigenvalue weighted by Gasteiger charge is 2.32. The molecule has 0 spiro atoms. The van der Waals surface area contributed by atoms with Crippen LogP contribution in [0.15, 0.2) is 18.2 Å². The van der Waals surface area contributed by atoms with Gasteiger partial charge in [0.15, 0.2) is 0 Å². The normalized spacial score (nSPS) is 19.9. The van der Waals surface area contributed by atoms with Crippen molar-refractivity contribution in [3.63, 3.8) is 0 Å². The summed E-state index contributed by atoms with van der Waals surface area (Å²) in [5, 5.41) is 3.26. The summed E-state index contributed by atoms with van der Waals surface area (Å²) in [5.41, 5.74) is 2.14. The maximum atomic E-state index is 12.1. The highest BCUT2D eigenvalue weighted by Crippen LogP contribution is 2.27. The highest BCUT2D eigenvalue weighted by atomic mass is 16.5. The largest absolute Gasteiger partial charge is 0.496 e. The minimum Gasteiger partial charge on any atom is -0.496 e. The van der Waals surface area contributed by atoms with E-state index in [4.69, 9.17) is 9.47 Å². The average Bonchev–Trinajstić information content (AvgIpc) is 2.80. The van der Waals surface area contributed by atoms with E-state index in [1.54, 1.807) is 7.11 Å². The first-order chi connectivity index (χ1) is 10.1. The van der Waals surface area contributed by atoms with Crippen molar-refractivity contribution in [1.82, 2.24) is 10.2 Å². The summed E-state index contributed by atoms with van der Waals surface area (Å²) in [6.07, 6.45) is -0.0642. The predicted molar refractivity (Wildman–Crippen MR) is 81.3 cm³/mol. The van der Waals surface area contributed by atoms with Gasteiger partial charge in [-0.3, -0.25) is 10.1 Å². The number of nitrogens with one attached hydrogen (secondary N) is 1. The van der Waals surface area contributed by atoms with Crippen LogP contribution in [0.25, 0.3) is 0 Å². The molecule has 1 aromatic carbocycles. The zero-order chi connectivity index (χ0) is 15.4. The van der Waals surface area contributed by atoms with Crippen molar-refractivity contribution in [2.45, 2.75) is 33.0 Å². The Morgan fingerprint density at radius 3 is 2.86 bits per heavy atom. The van der Waals surface area contributed by atoms with Crippen LogP contribution in [-0.4, -0.2) is 43.7 Å². The van der Waals surface area contributed by atoms with E-state index in [-0.39, 0.29) is 18.2 Å². The number of ether oxygens (including phenoxy) is 2. The first-order valence-electron chi connectivity index (χ1n) is 7.35. The molecule has 1 amide bonds. The number of aryl methyl sites for hydroxylation is 1. The van der Waals surface area contributed by atoms with Crippen LogP contribution in [0, 0.1) is 6.92 Å². The number of hydrogen-bond donors (Lipinski definition) is 1. The van der Waals surface area contributed by atoms with Gasteiger partial charge in [-0.2, -0.15) is 0 Å². The zero-order valence-electron chi connectivity index (χ0n) is 13.2. The molecule has 2 unspecified atom stereocenters. The Morgan fingerprint density at radius 1 is 1.48 bits per heavy atom. The smallest absolute Gasteiger partial charge is 0.238 e. The number of hydrogen-bond acceptors (Lipinski definition) is 4. The van der Waals surface area contributed by atoms with Crippen molar-refractivity contribution in [2.24, 2.45) is 0 Å². The van der Waals surface area contributed by atoms with Gasteiger partial charge in [-0.1, -0.05) is 6.07 Å². The van der Waals surface area contributed by atoms with E-state index in [0.717, 1.165) is 16.9 Å². The Bertz CT molecular complexity index is 504. The lowest BCUT2D eigenvalue weighted by molar-refractivity contribution is -0.129. The molecule has 1 aliphatic rings. The van der Waals surface area contributed by atoms with Crippen molar-refractivity contribution in [3.8, 4) is 5.75 Å². The average molecular weight is 292 g/mol. The van der Waals surface area contributed by atoms with E-state index in [1.807, 2.05) is 37.8 Å². The summed E-state index contributed by atoms with van der Waals surface area (Å²) in [4.78, 5) is 13.9. The second kappa shape index (κ2) is 6.91. The fourth-order valence-corrected chi connectivity index (χ4v) is 2.73. The van der Waals surface area contributed by atoms with E-state index in [9.17, 15) is 4.79 Å². The van der Waals surface area contributed by atoms with E-state index < -0.39 is 0 Å². The summed E-state index contributed by atoms with van der Waals surface area (Å²) in [5.74, 6) is 0.970. The molecule has 1 aliphatic heterocycles. The second-order valence-electron chi connectivity index (χ2n) is 5.32. The van der Waals surface area contributed by atoms with Gasteiger partial charge >= 0.3 is 0 Å². The molecule has 0 bridgehead atoms. The van der Waals surface area contributed by atoms with Gasteiger partial charge in [0.05, 0.1) is 19.8 Å². The van der Waals surface area contributed by atoms with Gasteiger partial charge in [0.1, 0.15) is 11.9 Å². The molecule has 0 radical (unpaired) electrons. The highest BCUT2D eigenvalue weighted by molar-refractivity contribution is 5.81. The summed E-state index contributed by atoms with van der Waals surface area (Å²) < 4.78 is 10.8. The number of nitrogens with zero attached hydrogens (tertiary/aromatic N) is 1. The lowest BCUT2D eigenvalue weighted by atomic mass is 10.1. The lowest BCUT2D eigenvalue weighted by Crippen LogP contribution is -2.36. The van der Waals surface area contributed by atoms with Gasteiger partial charge < -0.3 is 14.4 Å². The predicted octanol–water partition coefficient (Wildman–Crippen LogP) is 1.86. The molecule has 0 aromatic heterocycles. The van der Waals surface area contributed by atoms with Crippen molar-refractivity contribution in [2.75, 3.05) is 26.8 Å². The van der Waals surface area contributed by atoms with Crippen LogP contribution in [0.1, 0.15) is 31.1 Å². The van der Waals surface area contributed by atoms with E-state index >= 15 is 0 Å². The molecule has 1 saturated heterocycles. The van der Waals surface area contributed by atoms with Crippen LogP contribution < -0.4 is 10.1 Å². The van der Waals surface area contributed by atoms with Gasteiger partial charge in [0, 0.05) is 13.2 Å². The fourth-order valence-electron chi connectivity index (χ4n) is 2.73. The van der Waals surface area contributed by atoms with Gasteiger partial charge in [0.25, 0.3) is 0 Å². The Hall–Kier alpha value is -1.59. The summed E-state index contributed by atoms with van der Waals surface area (Å²) >= 11 is 0. The van der Waals surface area contributed by atoms with Gasteiger partial charge in [-0.15, -0.1) is 0 Å². The number of amides is 1. The molecular formula is C16H24N2O3. The van der Waals surface area contributed by atoms with Crippen LogP contribution in [0.5, 0.6) is 5.75 Å². The van der Waals surface area contributed by atoms with Crippen LogP contribution in [0.2, 0.25) is 0 Å². The lowest BCUT2D eigenvalue weighted by Gasteiger charge is -2.27. The van der Waals surface area contributed by atoms with Gasteiger partial charge in [0.2, 0.25) is 5.91 Å². The van der Waals surface area contributed by atoms with Crippen LogP contribution in [0.3, 0.4) is 0 Å². The standard InChI is InChI=1S/C16H24N2O3/c1-5-21-12(3)10-18-15(19)9-17-16(18)13-6-7-14(20-4)11(2)8-13/h6-8,12,16-17H,5,9-10H2,1-4H3. The number of benzene rings is 1.